The lowest BCUT2D eigenvalue weighted by Gasteiger charge is -2.33. The number of allylic oxidation sites excluding steroid dienone is 2. The molecule has 2 saturated carbocycles. The first-order chi connectivity index (χ1) is 6.56. The van der Waals surface area contributed by atoms with Gasteiger partial charge in [-0.2, -0.15) is 0 Å². The molecule has 78 valence electrons. The summed E-state index contributed by atoms with van der Waals surface area (Å²) in [6.07, 6.45) is 9.97. The Morgan fingerprint density at radius 1 is 1.36 bits per heavy atom. The van der Waals surface area contributed by atoms with Gasteiger partial charge in [0.2, 0.25) is 0 Å². The van der Waals surface area contributed by atoms with Gasteiger partial charge >= 0.3 is 0 Å². The van der Waals surface area contributed by atoms with Crippen molar-refractivity contribution in [1.29, 1.82) is 0 Å². The summed E-state index contributed by atoms with van der Waals surface area (Å²) >= 11 is 0. The molecule has 0 aromatic heterocycles. The molecule has 14 heavy (non-hydrogen) atoms. The first-order valence-corrected chi connectivity index (χ1v) is 6.23. The van der Waals surface area contributed by atoms with Crippen LogP contribution in [0.25, 0.3) is 0 Å². The maximum absolute atomic E-state index is 2.56. The van der Waals surface area contributed by atoms with E-state index in [0.29, 0.717) is 5.41 Å². The third-order valence-electron chi connectivity index (χ3n) is 5.69. The molecule has 1 spiro atoms. The van der Waals surface area contributed by atoms with Crippen molar-refractivity contribution in [1.82, 2.24) is 0 Å². The Labute approximate surface area is 87.8 Å². The second-order valence-electron chi connectivity index (χ2n) is 6.54. The molecular formula is C14H22. The van der Waals surface area contributed by atoms with E-state index in [1.165, 1.54) is 32.1 Å². The van der Waals surface area contributed by atoms with E-state index in [-0.39, 0.29) is 0 Å². The highest BCUT2D eigenvalue weighted by atomic mass is 14.6. The number of rotatable bonds is 0. The van der Waals surface area contributed by atoms with Gasteiger partial charge in [-0.3, -0.25) is 0 Å². The standard InChI is InChI=1S/C14H22/c1-10-6-8-14-7-4-5-12(14)13(2,3)11(10)9-14/h6,11-12H,4-5,7-9H2,1-3H3/t11-,12?,14?/m0/s1. The summed E-state index contributed by atoms with van der Waals surface area (Å²) in [4.78, 5) is 0. The lowest BCUT2D eigenvalue weighted by Crippen LogP contribution is -2.27. The van der Waals surface area contributed by atoms with Gasteiger partial charge in [0.1, 0.15) is 0 Å². The first-order valence-electron chi connectivity index (χ1n) is 6.23. The highest BCUT2D eigenvalue weighted by Crippen LogP contribution is 2.69. The van der Waals surface area contributed by atoms with Crippen molar-refractivity contribution in [2.45, 2.75) is 52.9 Å². The molecule has 2 unspecified atom stereocenters. The summed E-state index contributed by atoms with van der Waals surface area (Å²) in [7, 11) is 0. The predicted octanol–water partition coefficient (Wildman–Crippen LogP) is 4.17. The van der Waals surface area contributed by atoms with Crippen LogP contribution in [0.15, 0.2) is 11.6 Å². The summed E-state index contributed by atoms with van der Waals surface area (Å²) in [6.45, 7) is 7.41. The lowest BCUT2D eigenvalue weighted by atomic mass is 9.71. The minimum Gasteiger partial charge on any atom is -0.0847 e. The summed E-state index contributed by atoms with van der Waals surface area (Å²) in [5, 5.41) is 0. The lowest BCUT2D eigenvalue weighted by molar-refractivity contribution is 0.157. The van der Waals surface area contributed by atoms with Gasteiger partial charge < -0.3 is 0 Å². The average Bonchev–Trinajstić information content (AvgIpc) is 2.59. The van der Waals surface area contributed by atoms with Crippen LogP contribution >= 0.6 is 0 Å². The molecule has 0 nitrogen and oxygen atoms in total. The van der Waals surface area contributed by atoms with Crippen LogP contribution in [0, 0.1) is 22.7 Å². The predicted molar refractivity (Wildman–Crippen MR) is 60.0 cm³/mol. The SMILES string of the molecule is CC1=CCC23CCCC2C(C)(C)[C@H]1C3. The normalized spacial score (nSPS) is 48.9. The van der Waals surface area contributed by atoms with Crippen molar-refractivity contribution in [2.75, 3.05) is 0 Å². The molecule has 3 aliphatic carbocycles. The van der Waals surface area contributed by atoms with E-state index < -0.39 is 0 Å². The van der Waals surface area contributed by atoms with Crippen molar-refractivity contribution >= 4 is 0 Å². The molecule has 3 rings (SSSR count). The number of fused-ring (bicyclic) bond motifs is 1. The van der Waals surface area contributed by atoms with E-state index in [1.807, 2.05) is 0 Å². The fourth-order valence-electron chi connectivity index (χ4n) is 5.04. The van der Waals surface area contributed by atoms with Gasteiger partial charge in [-0.15, -0.1) is 0 Å². The molecule has 0 N–H and O–H groups in total. The van der Waals surface area contributed by atoms with Crippen LogP contribution in [0.5, 0.6) is 0 Å². The molecule has 0 saturated heterocycles. The smallest absolute Gasteiger partial charge is 0.0146 e. The number of hydrogen-bond acceptors (Lipinski definition) is 0. The Bertz CT molecular complexity index is 297. The van der Waals surface area contributed by atoms with Gasteiger partial charge in [-0.05, 0) is 55.3 Å². The van der Waals surface area contributed by atoms with Crippen LogP contribution in [-0.4, -0.2) is 0 Å². The second kappa shape index (κ2) is 2.46. The quantitative estimate of drug-likeness (QED) is 0.503. The third kappa shape index (κ3) is 0.857. The Morgan fingerprint density at radius 2 is 2.14 bits per heavy atom. The van der Waals surface area contributed by atoms with E-state index in [4.69, 9.17) is 0 Å². The highest BCUT2D eigenvalue weighted by Gasteiger charge is 2.60. The monoisotopic (exact) mass is 190 g/mol. The van der Waals surface area contributed by atoms with Crippen LogP contribution in [0.1, 0.15) is 52.9 Å². The average molecular weight is 190 g/mol. The van der Waals surface area contributed by atoms with Crippen LogP contribution < -0.4 is 0 Å². The van der Waals surface area contributed by atoms with Crippen LogP contribution in [-0.2, 0) is 0 Å². The largest absolute Gasteiger partial charge is 0.0847 e. The van der Waals surface area contributed by atoms with Gasteiger partial charge in [-0.1, -0.05) is 31.9 Å². The molecule has 0 heteroatoms. The van der Waals surface area contributed by atoms with Gasteiger partial charge in [0.25, 0.3) is 0 Å². The van der Waals surface area contributed by atoms with Gasteiger partial charge in [-0.25, -0.2) is 0 Å². The van der Waals surface area contributed by atoms with E-state index >= 15 is 0 Å². The Hall–Kier alpha value is -0.260. The minimum absolute atomic E-state index is 0.591. The topological polar surface area (TPSA) is 0 Å². The third-order valence-corrected chi connectivity index (χ3v) is 5.69. The molecule has 0 aliphatic heterocycles. The molecule has 0 radical (unpaired) electrons. The maximum Gasteiger partial charge on any atom is -0.0146 e. The van der Waals surface area contributed by atoms with Crippen LogP contribution in [0.3, 0.4) is 0 Å². The van der Waals surface area contributed by atoms with Crippen molar-refractivity contribution < 1.29 is 0 Å². The molecule has 2 bridgehead atoms. The van der Waals surface area contributed by atoms with Crippen LogP contribution in [0.4, 0.5) is 0 Å². The molecule has 0 amide bonds. The van der Waals surface area contributed by atoms with Crippen molar-refractivity contribution in [3.8, 4) is 0 Å². The fourth-order valence-corrected chi connectivity index (χ4v) is 5.04. The summed E-state index contributed by atoms with van der Waals surface area (Å²) in [5.41, 5.74) is 3.02. The van der Waals surface area contributed by atoms with Crippen LogP contribution in [0.2, 0.25) is 0 Å². The van der Waals surface area contributed by atoms with E-state index in [2.05, 4.69) is 26.8 Å². The molecule has 3 aliphatic rings. The molecular weight excluding hydrogens is 168 g/mol. The van der Waals surface area contributed by atoms with E-state index in [0.717, 1.165) is 17.3 Å². The highest BCUT2D eigenvalue weighted by molar-refractivity contribution is 5.24. The molecule has 0 aromatic carbocycles. The van der Waals surface area contributed by atoms with Gasteiger partial charge in [0, 0.05) is 0 Å². The van der Waals surface area contributed by atoms with Crippen molar-refractivity contribution in [3.63, 3.8) is 0 Å². The summed E-state index contributed by atoms with van der Waals surface area (Å²) < 4.78 is 0. The fraction of sp³-hybridized carbons (Fsp3) is 0.857. The molecule has 0 heterocycles. The number of hydrogen-bond donors (Lipinski definition) is 0. The Balaban J connectivity index is 2.09. The zero-order valence-electron chi connectivity index (χ0n) is 9.77. The zero-order chi connectivity index (χ0) is 9.97. The first kappa shape index (κ1) is 9.00. The van der Waals surface area contributed by atoms with Gasteiger partial charge in [0.05, 0.1) is 0 Å². The zero-order valence-corrected chi connectivity index (χ0v) is 9.77. The minimum atomic E-state index is 0.591. The molecule has 2 fully saturated rings. The Morgan fingerprint density at radius 3 is 2.93 bits per heavy atom. The van der Waals surface area contributed by atoms with Crippen molar-refractivity contribution in [3.05, 3.63) is 11.6 Å². The molecule has 0 aromatic rings. The Kier molecular flexibility index (Phi) is 1.58. The van der Waals surface area contributed by atoms with Crippen molar-refractivity contribution in [2.24, 2.45) is 22.7 Å². The molecule has 3 atom stereocenters. The van der Waals surface area contributed by atoms with E-state index in [9.17, 15) is 0 Å². The maximum atomic E-state index is 2.56. The summed E-state index contributed by atoms with van der Waals surface area (Å²) in [5.74, 6) is 1.93. The van der Waals surface area contributed by atoms with Gasteiger partial charge in [0.15, 0.2) is 0 Å². The summed E-state index contributed by atoms with van der Waals surface area (Å²) in [6, 6.07) is 0. The van der Waals surface area contributed by atoms with E-state index in [1.54, 1.807) is 5.57 Å². The second-order valence-corrected chi connectivity index (χ2v) is 6.54.